The Kier molecular flexibility index (Phi) is 6.20. The van der Waals surface area contributed by atoms with Crippen LogP contribution in [0.5, 0.6) is 11.5 Å². The van der Waals surface area contributed by atoms with Crippen LogP contribution in [0.1, 0.15) is 5.56 Å². The molecule has 0 amide bonds. The van der Waals surface area contributed by atoms with Crippen molar-refractivity contribution in [3.05, 3.63) is 57.0 Å². The van der Waals surface area contributed by atoms with Gasteiger partial charge in [-0.15, -0.1) is 11.6 Å². The molecule has 0 aliphatic carbocycles. The van der Waals surface area contributed by atoms with Gasteiger partial charge in [0.15, 0.2) is 0 Å². The Morgan fingerprint density at radius 1 is 0.900 bits per heavy atom. The van der Waals surface area contributed by atoms with Crippen LogP contribution >= 0.6 is 43.5 Å². The zero-order valence-corrected chi connectivity index (χ0v) is 14.5. The summed E-state index contributed by atoms with van der Waals surface area (Å²) in [6.07, 6.45) is 0. The molecule has 2 aromatic carbocycles. The number of hydrogen-bond donors (Lipinski definition) is 0. The van der Waals surface area contributed by atoms with Crippen LogP contribution in [0.25, 0.3) is 0 Å². The number of alkyl halides is 1. The van der Waals surface area contributed by atoms with Crippen LogP contribution in [0, 0.1) is 0 Å². The van der Waals surface area contributed by atoms with Crippen molar-refractivity contribution in [3.8, 4) is 11.5 Å². The summed E-state index contributed by atoms with van der Waals surface area (Å²) in [5.74, 6) is 2.06. The minimum Gasteiger partial charge on any atom is -0.490 e. The molecule has 0 N–H and O–H groups in total. The normalized spacial score (nSPS) is 10.3. The highest BCUT2D eigenvalue weighted by atomic mass is 79.9. The van der Waals surface area contributed by atoms with Crippen molar-refractivity contribution in [2.45, 2.75) is 5.88 Å². The monoisotopic (exact) mass is 418 g/mol. The smallest absolute Gasteiger partial charge is 0.122 e. The van der Waals surface area contributed by atoms with E-state index in [4.69, 9.17) is 21.1 Å². The van der Waals surface area contributed by atoms with Crippen molar-refractivity contribution in [1.82, 2.24) is 0 Å². The lowest BCUT2D eigenvalue weighted by molar-refractivity contribution is 0.217. The maximum absolute atomic E-state index is 5.85. The van der Waals surface area contributed by atoms with E-state index in [1.807, 2.05) is 42.5 Å². The molecular weight excluding hydrogens is 407 g/mol. The molecule has 0 bridgehead atoms. The van der Waals surface area contributed by atoms with Crippen molar-refractivity contribution in [2.75, 3.05) is 13.2 Å². The van der Waals surface area contributed by atoms with Gasteiger partial charge < -0.3 is 9.47 Å². The van der Waals surface area contributed by atoms with E-state index in [2.05, 4.69) is 31.9 Å². The topological polar surface area (TPSA) is 18.5 Å². The van der Waals surface area contributed by atoms with Crippen LogP contribution < -0.4 is 9.47 Å². The molecule has 5 heteroatoms. The largest absolute Gasteiger partial charge is 0.490 e. The summed E-state index contributed by atoms with van der Waals surface area (Å²) in [7, 11) is 0. The number of rotatable bonds is 6. The van der Waals surface area contributed by atoms with Crippen molar-refractivity contribution in [2.24, 2.45) is 0 Å². The molecule has 0 aromatic heterocycles. The Balaban J connectivity index is 1.81. The van der Waals surface area contributed by atoms with Crippen LogP contribution in [0.3, 0.4) is 0 Å². The lowest BCUT2D eigenvalue weighted by Gasteiger charge is -2.10. The summed E-state index contributed by atoms with van der Waals surface area (Å²) in [6, 6.07) is 13.5. The maximum atomic E-state index is 5.85. The third-order valence-electron chi connectivity index (χ3n) is 2.58. The van der Waals surface area contributed by atoms with E-state index in [1.165, 1.54) is 0 Å². The first-order valence-electron chi connectivity index (χ1n) is 6.04. The van der Waals surface area contributed by atoms with Gasteiger partial charge in [0.2, 0.25) is 0 Å². The van der Waals surface area contributed by atoms with E-state index in [0.717, 1.165) is 26.0 Å². The average Bonchev–Trinajstić information content (AvgIpc) is 2.45. The van der Waals surface area contributed by atoms with Gasteiger partial charge in [0.05, 0.1) is 0 Å². The fourth-order valence-corrected chi connectivity index (χ4v) is 2.77. The van der Waals surface area contributed by atoms with E-state index in [0.29, 0.717) is 19.1 Å². The van der Waals surface area contributed by atoms with Crippen molar-refractivity contribution < 1.29 is 9.47 Å². The predicted octanol–water partition coefficient (Wildman–Crippen LogP) is 5.41. The zero-order chi connectivity index (χ0) is 14.4. The molecule has 106 valence electrons. The number of benzene rings is 2. The first-order chi connectivity index (χ1) is 9.69. The molecule has 0 aliphatic rings. The van der Waals surface area contributed by atoms with E-state index in [9.17, 15) is 0 Å². The fourth-order valence-electron chi connectivity index (χ4n) is 1.62. The summed E-state index contributed by atoms with van der Waals surface area (Å²) in [4.78, 5) is 0. The van der Waals surface area contributed by atoms with Crippen LogP contribution in [0.15, 0.2) is 51.4 Å². The quantitative estimate of drug-likeness (QED) is 0.460. The molecule has 2 rings (SSSR count). The van der Waals surface area contributed by atoms with E-state index in [-0.39, 0.29) is 0 Å². The molecule has 0 fully saturated rings. The molecule has 0 saturated carbocycles. The summed E-state index contributed by atoms with van der Waals surface area (Å²) < 4.78 is 13.2. The molecule has 0 radical (unpaired) electrons. The van der Waals surface area contributed by atoms with Crippen LogP contribution in [0.2, 0.25) is 0 Å². The van der Waals surface area contributed by atoms with E-state index in [1.54, 1.807) is 0 Å². The Morgan fingerprint density at radius 2 is 1.60 bits per heavy atom. The molecule has 0 atom stereocenters. The molecule has 0 unspecified atom stereocenters. The lowest BCUT2D eigenvalue weighted by Crippen LogP contribution is -2.09. The second-order valence-electron chi connectivity index (χ2n) is 4.04. The SMILES string of the molecule is ClCc1cc(OCCOc2cccc(Br)c2)ccc1Br. The lowest BCUT2D eigenvalue weighted by atomic mass is 10.2. The Bertz CT molecular complexity index is 576. The number of halogens is 3. The maximum Gasteiger partial charge on any atom is 0.122 e. The second-order valence-corrected chi connectivity index (χ2v) is 6.08. The first-order valence-corrected chi connectivity index (χ1v) is 8.16. The van der Waals surface area contributed by atoms with Gasteiger partial charge in [-0.25, -0.2) is 0 Å². The highest BCUT2D eigenvalue weighted by Gasteiger charge is 2.02. The molecular formula is C15H13Br2ClO2. The molecule has 0 heterocycles. The van der Waals surface area contributed by atoms with Gasteiger partial charge in [-0.05, 0) is 42.0 Å². The second kappa shape index (κ2) is 7.91. The van der Waals surface area contributed by atoms with Gasteiger partial charge in [0.1, 0.15) is 24.7 Å². The summed E-state index contributed by atoms with van der Waals surface area (Å²) in [6.45, 7) is 0.971. The predicted molar refractivity (Wildman–Crippen MR) is 88.8 cm³/mol. The number of hydrogen-bond acceptors (Lipinski definition) is 2. The van der Waals surface area contributed by atoms with Gasteiger partial charge in [-0.2, -0.15) is 0 Å². The van der Waals surface area contributed by atoms with Gasteiger partial charge in [0, 0.05) is 14.8 Å². The molecule has 2 nitrogen and oxygen atoms in total. The fraction of sp³-hybridized carbons (Fsp3) is 0.200. The number of ether oxygens (including phenoxy) is 2. The van der Waals surface area contributed by atoms with E-state index >= 15 is 0 Å². The molecule has 0 aliphatic heterocycles. The van der Waals surface area contributed by atoms with Crippen molar-refractivity contribution >= 4 is 43.5 Å². The van der Waals surface area contributed by atoms with Gasteiger partial charge in [-0.1, -0.05) is 37.9 Å². The average molecular weight is 421 g/mol. The minimum absolute atomic E-state index is 0.451. The summed E-state index contributed by atoms with van der Waals surface area (Å²) >= 11 is 12.7. The third kappa shape index (κ3) is 4.69. The van der Waals surface area contributed by atoms with Crippen LogP contribution in [0.4, 0.5) is 0 Å². The Labute approximate surface area is 140 Å². The van der Waals surface area contributed by atoms with Gasteiger partial charge >= 0.3 is 0 Å². The Morgan fingerprint density at radius 3 is 2.25 bits per heavy atom. The summed E-state index contributed by atoms with van der Waals surface area (Å²) in [5, 5.41) is 0. The first kappa shape index (κ1) is 15.7. The van der Waals surface area contributed by atoms with E-state index < -0.39 is 0 Å². The van der Waals surface area contributed by atoms with Gasteiger partial charge in [-0.3, -0.25) is 0 Å². The Hall–Kier alpha value is -0.710. The van der Waals surface area contributed by atoms with Gasteiger partial charge in [0.25, 0.3) is 0 Å². The molecule has 20 heavy (non-hydrogen) atoms. The molecule has 0 saturated heterocycles. The third-order valence-corrected chi connectivity index (χ3v) is 4.13. The van der Waals surface area contributed by atoms with Crippen LogP contribution in [-0.2, 0) is 5.88 Å². The zero-order valence-electron chi connectivity index (χ0n) is 10.6. The molecule has 0 spiro atoms. The van der Waals surface area contributed by atoms with Crippen molar-refractivity contribution in [1.29, 1.82) is 0 Å². The highest BCUT2D eigenvalue weighted by molar-refractivity contribution is 9.10. The summed E-state index contributed by atoms with van der Waals surface area (Å²) in [5.41, 5.74) is 1.01. The molecule has 2 aromatic rings. The minimum atomic E-state index is 0.451. The van der Waals surface area contributed by atoms with Crippen LogP contribution in [-0.4, -0.2) is 13.2 Å². The van der Waals surface area contributed by atoms with Crippen molar-refractivity contribution in [3.63, 3.8) is 0 Å². The standard InChI is InChI=1S/C15H13Br2ClO2/c16-12-2-1-3-13(9-12)19-6-7-20-14-4-5-15(17)11(8-14)10-18/h1-5,8-9H,6-7,10H2. The highest BCUT2D eigenvalue weighted by Crippen LogP contribution is 2.24.